The molecule has 17 rings (SSSR count). The molecule has 0 aromatic carbocycles. The van der Waals surface area contributed by atoms with Gasteiger partial charge in [-0.2, -0.15) is 9.97 Å². The Labute approximate surface area is 856 Å². The van der Waals surface area contributed by atoms with Gasteiger partial charge in [0.1, 0.15) is 115 Å². The summed E-state index contributed by atoms with van der Waals surface area (Å²) in [6, 6.07) is -1.41. The van der Waals surface area contributed by atoms with Crippen molar-refractivity contribution in [2.24, 2.45) is 22.6 Å². The van der Waals surface area contributed by atoms with Crippen LogP contribution in [0, 0.1) is 39.5 Å². The number of anilines is 5. The first-order chi connectivity index (χ1) is 68.4. The summed E-state index contributed by atoms with van der Waals surface area (Å²) in [6.07, 6.45) is -7.13. The van der Waals surface area contributed by atoms with Crippen molar-refractivity contribution in [3.8, 4) is 0 Å². The molecule has 145 heavy (non-hydrogen) atoms. The molecule has 71 heteroatoms. The second-order valence-electron chi connectivity index (χ2n) is 35.1. The third-order valence-electron chi connectivity index (χ3n) is 25.4. The number of rotatable bonds is 41. The fourth-order valence-corrected chi connectivity index (χ4v) is 28.2. The number of thiol groups is 1. The van der Waals surface area contributed by atoms with Gasteiger partial charge in [-0.3, -0.25) is 61.0 Å². The molecule has 0 amide bonds. The number of hydrogen-bond acceptors (Lipinski definition) is 48. The van der Waals surface area contributed by atoms with Crippen LogP contribution in [0.3, 0.4) is 0 Å². The molecule has 8 aliphatic rings. The number of nitrogens with two attached hydrogens (primary N) is 5. The lowest BCUT2D eigenvalue weighted by Crippen LogP contribution is -2.33. The van der Waals surface area contributed by atoms with E-state index in [4.69, 9.17) is 187 Å². The van der Waals surface area contributed by atoms with E-state index in [1.54, 1.807) is 29.3 Å². The minimum absolute atomic E-state index is 0.00738. The number of imidazole rings is 3. The van der Waals surface area contributed by atoms with E-state index in [0.29, 0.717) is 34.7 Å². The molecule has 6 aliphatic heterocycles. The van der Waals surface area contributed by atoms with E-state index in [1.165, 1.54) is 79.4 Å². The molecule has 5 saturated heterocycles. The molecule has 2 saturated carbocycles. The number of hydrogen-bond donors (Lipinski definition) is 15. The molecule has 0 radical (unpaired) electrons. The van der Waals surface area contributed by atoms with Gasteiger partial charge in [0.2, 0.25) is 0 Å². The number of aromatic nitrogens is 18. The zero-order chi connectivity index (χ0) is 104. The number of fused-ring (bicyclic) bond motifs is 3. The Balaban J connectivity index is 0.581. The van der Waals surface area contributed by atoms with E-state index in [-0.39, 0.29) is 109 Å². The molecular weight excluding hydrogens is 2190 g/mol. The van der Waals surface area contributed by atoms with Crippen molar-refractivity contribution in [3.05, 3.63) is 147 Å². The number of aryl methyl sites for hydroxylation is 4. The van der Waals surface area contributed by atoms with Crippen LogP contribution in [0.5, 0.6) is 0 Å². The van der Waals surface area contributed by atoms with E-state index < -0.39 is 255 Å². The predicted molar refractivity (Wildman–Crippen MR) is 537 cm³/mol. The van der Waals surface area contributed by atoms with Crippen LogP contribution in [0.1, 0.15) is 148 Å². The third kappa shape index (κ3) is 25.5. The topological polar surface area (TPSA) is 753 Å². The molecule has 15 unspecified atom stereocenters. The van der Waals surface area contributed by atoms with E-state index in [9.17, 15) is 62.7 Å². The van der Waals surface area contributed by atoms with Gasteiger partial charge in [0.05, 0.1) is 108 Å². The highest BCUT2D eigenvalue weighted by Crippen LogP contribution is 2.61. The van der Waals surface area contributed by atoms with Gasteiger partial charge in [-0.25, -0.2) is 58.6 Å². The summed E-state index contributed by atoms with van der Waals surface area (Å²) in [5.41, 5.74) is 28.6. The average Bonchev–Trinajstić information content (AvgIpc) is 1.59. The molecule has 15 heterocycles. The Kier molecular flexibility index (Phi) is 33.5. The highest BCUT2D eigenvalue weighted by molar-refractivity contribution is 8.44. The average molecular weight is 2300 g/mol. The number of nitrogen functional groups attached to an aromatic ring is 4. The fraction of sp³-hybridized carbons (Fsp3) is 0.595. The van der Waals surface area contributed by atoms with Gasteiger partial charge in [0, 0.05) is 110 Å². The zero-order valence-electron chi connectivity index (χ0n) is 77.1. The van der Waals surface area contributed by atoms with Crippen LogP contribution in [-0.2, 0) is 162 Å². The standard InChI is InChI=1S/C74H102N25O32P7S7/c1-7-41-44(12-56(120-41)98-31-87-59-64(78)81-28-84-67(59)98)128-136(110,143)117-25-51-47(15-55(123-51)96-20-36(5)70(101)92-74(96)105)131-138(112,145)119-26-52-48(16-57(124-52)99-32-88-60-65(79)82-29-85-68(60)99)129-134(108,141)115-22-38-9-40(97-30-86-58-63(77)80-27-83-66(58)97)11-43(38)125-133(107,140)114-21-37-8-39(93-17-33(2)61(75)89-71(93)102)10-42(37)126-135(109,142)116-24-50-46(14-53(122-50)94-18-34(3)62(76)90-72(94)103)130-137(111,144)118-23-49-45(127-132(106,139)113-6)13-54(121-49)95-19-35(4)69(100)91-73(95)104/h17-20,27-32,37-57,64H,7-16,21-26,78H2,1-6H3,(H,81,84)(H,106,139)(H,107,140)(H,108,141)(H,109,142)(H,110,143)(H,111,144)(H,112,145)(H2,75,89,102)(H2,76,90,103)(H2,77,80,83)(H2,79,82,85)(H,91,100,104)(H,92,101,105)/t37-,38-,39-,40-,41-,42?,43?,44?,45?,46?,47?,48?,49-,50-,51-,52-,53-,54-,55-,56-,57-,64?,132?,133?,134?,135?,136?,137?,138?/m1/s1. The van der Waals surface area contributed by atoms with Crippen molar-refractivity contribution in [2.75, 3.05) is 75.0 Å². The highest BCUT2D eigenvalue weighted by Gasteiger charge is 2.52. The first-order valence-corrected chi connectivity index (χ1v) is 62.8. The van der Waals surface area contributed by atoms with Gasteiger partial charge < -0.3 is 146 Å². The first kappa shape index (κ1) is 110. The number of ether oxygens (including phenoxy) is 5. The van der Waals surface area contributed by atoms with Crippen LogP contribution in [-0.4, -0.2) is 242 Å². The van der Waals surface area contributed by atoms with E-state index in [1.807, 2.05) is 6.92 Å². The van der Waals surface area contributed by atoms with Gasteiger partial charge >= 0.3 is 69.9 Å². The Bertz CT molecular complexity index is 7170. The maximum absolute atomic E-state index is 14.9. The van der Waals surface area contributed by atoms with E-state index >= 15 is 0 Å². The SMILES string of the molecule is CC[C@H]1O[C@@H](n2cnc3c2NC=NC3N)CC1OP(O)(=S)OC[C@H]1O[C@@H](n2cc(C)c(=O)[nH]c2=O)CC1OP(=O)(S)OC[C@H]1O[C@@H](n2cnc3c(N)ncnc32)CC1OP(O)(=S)OC[C@H]1C[C@@H](n2cnc3c(N)ncnc32)CC1OP(O)(=S)OC[C@H]1C[C@@H](n2cc(C)c(N)nc2=O)CC1OP(O)(=S)OC[C@H]1O[C@@H](n2cc(C)c(N)nc2=O)CC1OP(O)(=S)OC[C@H]1O[C@@H](n2cc(C)c(=O)[nH]c2=O)CC1OP(O)(=S)OC. The maximum atomic E-state index is 14.9. The molecule has 9 aromatic heterocycles. The molecule has 2 aliphatic carbocycles. The normalized spacial score (nSPS) is 30.4. The van der Waals surface area contributed by atoms with Crippen LogP contribution in [0.15, 0.2) is 90.2 Å². The van der Waals surface area contributed by atoms with Crippen LogP contribution < -0.4 is 67.9 Å². The first-order valence-electron chi connectivity index (χ1n) is 44.5. The van der Waals surface area contributed by atoms with Crippen LogP contribution in [0.2, 0.25) is 0 Å². The Morgan fingerprint density at radius 3 is 1.24 bits per heavy atom. The number of aliphatic imine (C=N–C) groups is 1. The summed E-state index contributed by atoms with van der Waals surface area (Å²) in [4.78, 5) is 197. The van der Waals surface area contributed by atoms with Crippen molar-refractivity contribution >= 4 is 188 Å². The molecule has 19 N–H and O–H groups in total. The van der Waals surface area contributed by atoms with E-state index in [2.05, 4.69) is 77.4 Å². The summed E-state index contributed by atoms with van der Waals surface area (Å²) < 4.78 is 141. The highest BCUT2D eigenvalue weighted by atomic mass is 32.7. The molecule has 792 valence electrons. The molecule has 0 spiro atoms. The molecule has 29 atom stereocenters. The molecular formula is C74H102N25O32P7S7. The van der Waals surface area contributed by atoms with Crippen molar-refractivity contribution in [3.63, 3.8) is 0 Å². The molecule has 9 aromatic rings. The lowest BCUT2D eigenvalue weighted by Gasteiger charge is -2.29. The van der Waals surface area contributed by atoms with Crippen LogP contribution >= 0.6 is 59.4 Å². The van der Waals surface area contributed by atoms with Gasteiger partial charge in [-0.05, 0) is 131 Å². The summed E-state index contributed by atoms with van der Waals surface area (Å²) in [6.45, 7) is -26.9. The maximum Gasteiger partial charge on any atom is 0.386 e. The summed E-state index contributed by atoms with van der Waals surface area (Å²) in [5, 5.41) is 3.04. The van der Waals surface area contributed by atoms with E-state index in [0.717, 1.165) is 20.8 Å². The summed E-state index contributed by atoms with van der Waals surface area (Å²) in [5.74, 6) is -1.33. The third-order valence-corrected chi connectivity index (χ3v) is 36.7. The Hall–Kier alpha value is -6.46. The van der Waals surface area contributed by atoms with Crippen LogP contribution in [0.4, 0.5) is 29.1 Å². The van der Waals surface area contributed by atoms with Crippen molar-refractivity contribution in [2.45, 2.75) is 221 Å². The van der Waals surface area contributed by atoms with Crippen molar-refractivity contribution in [1.29, 1.82) is 0 Å². The smallest absolute Gasteiger partial charge is 0.383 e. The lowest BCUT2D eigenvalue weighted by atomic mass is 10.1. The zero-order valence-corrected chi connectivity index (χ0v) is 89.2. The minimum Gasteiger partial charge on any atom is -0.383 e. The second kappa shape index (κ2) is 44.3. The predicted octanol–water partition coefficient (Wildman–Crippen LogP) is 3.68. The second-order valence-corrected chi connectivity index (χ2v) is 54.8. The minimum atomic E-state index is -4.72. The molecule has 57 nitrogen and oxygen atoms in total. The quantitative estimate of drug-likeness (QED) is 0.0192. The Morgan fingerprint density at radius 2 is 0.779 bits per heavy atom. The van der Waals surface area contributed by atoms with Gasteiger partial charge in [0.15, 0.2) is 22.9 Å². The van der Waals surface area contributed by atoms with Crippen LogP contribution in [0.25, 0.3) is 22.3 Å². The number of nitrogens with zero attached hydrogens (tertiary/aromatic N) is 17. The number of H-pyrrole nitrogens is 2. The summed E-state index contributed by atoms with van der Waals surface area (Å²) in [7, 11) is 1.11. The monoisotopic (exact) mass is 2290 g/mol. The van der Waals surface area contributed by atoms with Gasteiger partial charge in [-0.15, -0.1) is 0 Å². The van der Waals surface area contributed by atoms with Crippen molar-refractivity contribution < 1.29 is 121 Å². The summed E-state index contributed by atoms with van der Waals surface area (Å²) >= 11 is 38.2. The molecule has 7 fully saturated rings. The number of aromatic amines is 2. The van der Waals surface area contributed by atoms with Gasteiger partial charge in [0.25, 0.3) is 11.1 Å². The van der Waals surface area contributed by atoms with Crippen molar-refractivity contribution in [1.82, 2.24) is 86.8 Å². The largest absolute Gasteiger partial charge is 0.386 e. The van der Waals surface area contributed by atoms with Gasteiger partial charge in [-0.1, -0.05) is 19.2 Å². The number of nitrogens with one attached hydrogen (secondary N) is 3. The molecule has 0 bridgehead atoms. The lowest BCUT2D eigenvalue weighted by molar-refractivity contribution is -0.0517. The Morgan fingerprint density at radius 1 is 0.421 bits per heavy atom. The fourth-order valence-electron chi connectivity index (χ4n) is 18.2.